The number of rotatable bonds is 5. The van der Waals surface area contributed by atoms with Crippen LogP contribution in [-0.4, -0.2) is 39.3 Å². The summed E-state index contributed by atoms with van der Waals surface area (Å²) in [6.07, 6.45) is 7.85. The van der Waals surface area contributed by atoms with Crippen molar-refractivity contribution in [3.8, 4) is 11.3 Å². The van der Waals surface area contributed by atoms with Gasteiger partial charge in [-0.1, -0.05) is 0 Å². The largest absolute Gasteiger partial charge is 0.309 e. The number of aryl methyl sites for hydroxylation is 2. The molecule has 9 nitrogen and oxygen atoms in total. The molecule has 0 spiro atoms. The van der Waals surface area contributed by atoms with Gasteiger partial charge in [0.1, 0.15) is 11.6 Å². The maximum absolute atomic E-state index is 4.62. The normalized spacial score (nSPS) is 11.1. The van der Waals surface area contributed by atoms with Crippen LogP contribution in [0, 0.1) is 6.92 Å². The third kappa shape index (κ3) is 3.48. The lowest BCUT2D eigenvalue weighted by Crippen LogP contribution is -2.03. The van der Waals surface area contributed by atoms with Gasteiger partial charge in [0.2, 0.25) is 5.95 Å². The van der Waals surface area contributed by atoms with Crippen LogP contribution in [-0.2, 0) is 13.5 Å². The third-order valence-corrected chi connectivity index (χ3v) is 4.80. The highest BCUT2D eigenvalue weighted by molar-refractivity contribution is 5.65. The number of pyridine rings is 2. The molecular weight excluding hydrogens is 378 g/mol. The van der Waals surface area contributed by atoms with Crippen molar-refractivity contribution in [1.82, 2.24) is 39.3 Å². The number of hydrogen-bond acceptors (Lipinski definition) is 7. The van der Waals surface area contributed by atoms with Gasteiger partial charge in [-0.25, -0.2) is 9.97 Å². The fourth-order valence-corrected chi connectivity index (χ4v) is 3.27. The van der Waals surface area contributed by atoms with Gasteiger partial charge >= 0.3 is 0 Å². The molecule has 0 aliphatic heterocycles. The number of aromatic nitrogens is 8. The van der Waals surface area contributed by atoms with E-state index in [4.69, 9.17) is 0 Å². The Labute approximate surface area is 172 Å². The zero-order chi connectivity index (χ0) is 20.5. The molecule has 1 N–H and O–H groups in total. The quantitative estimate of drug-likeness (QED) is 0.487. The summed E-state index contributed by atoms with van der Waals surface area (Å²) in [5.74, 6) is 2.16. The lowest BCUT2D eigenvalue weighted by Gasteiger charge is -2.07. The summed E-state index contributed by atoms with van der Waals surface area (Å²) in [6, 6.07) is 11.7. The Morgan fingerprint density at radius 3 is 2.70 bits per heavy atom. The van der Waals surface area contributed by atoms with E-state index in [2.05, 4.69) is 48.6 Å². The fourth-order valence-electron chi connectivity index (χ4n) is 3.27. The molecule has 0 aliphatic rings. The number of anilines is 2. The lowest BCUT2D eigenvalue weighted by atomic mass is 10.2. The summed E-state index contributed by atoms with van der Waals surface area (Å²) in [6.45, 7) is 2.05. The van der Waals surface area contributed by atoms with Gasteiger partial charge in [0.05, 0.1) is 18.3 Å². The molecular formula is C21H19N9. The van der Waals surface area contributed by atoms with Crippen molar-refractivity contribution >= 4 is 17.4 Å². The highest BCUT2D eigenvalue weighted by Gasteiger charge is 2.10. The van der Waals surface area contributed by atoms with Gasteiger partial charge in [-0.05, 0) is 42.8 Å². The minimum absolute atomic E-state index is 0.503. The molecule has 0 unspecified atom stereocenters. The first-order valence-electron chi connectivity index (χ1n) is 9.49. The summed E-state index contributed by atoms with van der Waals surface area (Å²) in [4.78, 5) is 13.3. The van der Waals surface area contributed by atoms with Crippen molar-refractivity contribution < 1.29 is 0 Å². The molecule has 0 bridgehead atoms. The first-order chi connectivity index (χ1) is 14.7. The Kier molecular flexibility index (Phi) is 4.40. The van der Waals surface area contributed by atoms with Crippen LogP contribution >= 0.6 is 0 Å². The van der Waals surface area contributed by atoms with Gasteiger partial charge in [0.25, 0.3) is 0 Å². The van der Waals surface area contributed by atoms with E-state index >= 15 is 0 Å². The van der Waals surface area contributed by atoms with E-state index < -0.39 is 0 Å². The average Bonchev–Trinajstić information content (AvgIpc) is 3.34. The highest BCUT2D eigenvalue weighted by Crippen LogP contribution is 2.21. The molecule has 0 atom stereocenters. The van der Waals surface area contributed by atoms with Crippen molar-refractivity contribution in [3.05, 3.63) is 78.3 Å². The molecule has 5 rings (SSSR count). The molecule has 0 aromatic carbocycles. The Morgan fingerprint density at radius 1 is 0.967 bits per heavy atom. The average molecular weight is 397 g/mol. The molecule has 0 saturated heterocycles. The van der Waals surface area contributed by atoms with Crippen LogP contribution in [0.1, 0.15) is 17.1 Å². The van der Waals surface area contributed by atoms with Gasteiger partial charge in [0.15, 0.2) is 5.65 Å². The molecule has 0 amide bonds. The zero-order valence-electron chi connectivity index (χ0n) is 16.6. The highest BCUT2D eigenvalue weighted by atomic mass is 15.3. The van der Waals surface area contributed by atoms with E-state index in [0.29, 0.717) is 12.4 Å². The fraction of sp³-hybridized carbons (Fsp3) is 0.143. The van der Waals surface area contributed by atoms with Gasteiger partial charge in [-0.3, -0.25) is 14.1 Å². The van der Waals surface area contributed by atoms with E-state index in [-0.39, 0.29) is 0 Å². The maximum Gasteiger partial charge on any atom is 0.228 e. The van der Waals surface area contributed by atoms with Crippen molar-refractivity contribution in [2.45, 2.75) is 13.3 Å². The second-order valence-electron chi connectivity index (χ2n) is 6.99. The van der Waals surface area contributed by atoms with E-state index in [1.165, 1.54) is 5.56 Å². The summed E-state index contributed by atoms with van der Waals surface area (Å²) in [5, 5.41) is 16.0. The SMILES string of the molecule is Cc1ccnc(Cc2nnc3cc(-c4ccnc(Nc5ccnn5C)n4)ccn23)c1. The van der Waals surface area contributed by atoms with Crippen LogP contribution < -0.4 is 5.32 Å². The van der Waals surface area contributed by atoms with Crippen molar-refractivity contribution in [1.29, 1.82) is 0 Å². The smallest absolute Gasteiger partial charge is 0.228 e. The summed E-state index contributed by atoms with van der Waals surface area (Å²) in [7, 11) is 1.86. The molecule has 9 heteroatoms. The molecule has 30 heavy (non-hydrogen) atoms. The second-order valence-corrected chi connectivity index (χ2v) is 6.99. The molecule has 0 radical (unpaired) electrons. The number of nitrogens with one attached hydrogen (secondary N) is 1. The number of nitrogens with zero attached hydrogens (tertiary/aromatic N) is 8. The van der Waals surface area contributed by atoms with E-state index in [0.717, 1.165) is 34.2 Å². The van der Waals surface area contributed by atoms with Crippen LogP contribution in [0.4, 0.5) is 11.8 Å². The van der Waals surface area contributed by atoms with Crippen LogP contribution in [0.25, 0.3) is 16.9 Å². The minimum atomic E-state index is 0.503. The summed E-state index contributed by atoms with van der Waals surface area (Å²) >= 11 is 0. The second kappa shape index (κ2) is 7.36. The topological polar surface area (TPSA) is 98.7 Å². The Hall–Kier alpha value is -4.14. The molecule has 5 heterocycles. The minimum Gasteiger partial charge on any atom is -0.309 e. The third-order valence-electron chi connectivity index (χ3n) is 4.80. The molecule has 0 fully saturated rings. The first kappa shape index (κ1) is 17.9. The molecule has 5 aromatic heterocycles. The van der Waals surface area contributed by atoms with Crippen LogP contribution in [0.15, 0.2) is 61.2 Å². The summed E-state index contributed by atoms with van der Waals surface area (Å²) in [5.41, 5.74) is 4.63. The van der Waals surface area contributed by atoms with Gasteiger partial charge in [-0.2, -0.15) is 5.10 Å². The monoisotopic (exact) mass is 397 g/mol. The zero-order valence-corrected chi connectivity index (χ0v) is 16.6. The van der Waals surface area contributed by atoms with Gasteiger partial charge in [-0.15, -0.1) is 10.2 Å². The van der Waals surface area contributed by atoms with E-state index in [1.54, 1.807) is 17.1 Å². The van der Waals surface area contributed by atoms with Crippen LogP contribution in [0.5, 0.6) is 0 Å². The van der Waals surface area contributed by atoms with Crippen molar-refractivity contribution in [2.24, 2.45) is 7.05 Å². The predicted molar refractivity (Wildman–Crippen MR) is 112 cm³/mol. The molecule has 0 aliphatic carbocycles. The Bertz CT molecular complexity index is 1340. The summed E-state index contributed by atoms with van der Waals surface area (Å²) < 4.78 is 3.70. The lowest BCUT2D eigenvalue weighted by molar-refractivity contribution is 0.775. The molecule has 5 aromatic rings. The number of hydrogen-bond donors (Lipinski definition) is 1. The van der Waals surface area contributed by atoms with Crippen LogP contribution in [0.3, 0.4) is 0 Å². The molecule has 148 valence electrons. The molecule has 0 saturated carbocycles. The van der Waals surface area contributed by atoms with Crippen LogP contribution in [0.2, 0.25) is 0 Å². The van der Waals surface area contributed by atoms with Crippen molar-refractivity contribution in [3.63, 3.8) is 0 Å². The predicted octanol–water partition coefficient (Wildman–Crippen LogP) is 2.96. The van der Waals surface area contributed by atoms with Gasteiger partial charge < -0.3 is 5.32 Å². The standard InChI is InChI=1S/C21H19N9/c1-14-3-7-22-16(11-14)13-20-28-27-19-12-15(6-10-30(19)20)17-4-8-23-21(25-17)26-18-5-9-24-29(18)2/h3-12H,13H2,1-2H3,(H,23,25,26). The van der Waals surface area contributed by atoms with Gasteiger partial charge in [0, 0.05) is 43.0 Å². The Morgan fingerprint density at radius 2 is 1.87 bits per heavy atom. The van der Waals surface area contributed by atoms with E-state index in [1.807, 2.05) is 54.2 Å². The van der Waals surface area contributed by atoms with Crippen molar-refractivity contribution in [2.75, 3.05) is 5.32 Å². The van der Waals surface area contributed by atoms with E-state index in [9.17, 15) is 0 Å². The number of fused-ring (bicyclic) bond motifs is 1. The Balaban J connectivity index is 1.43. The first-order valence-corrected chi connectivity index (χ1v) is 9.49. The maximum atomic E-state index is 4.62.